The average molecular weight is 372 g/mol. The molecule has 0 atom stereocenters. The zero-order valence-corrected chi connectivity index (χ0v) is 15.2. The first-order valence-electron chi connectivity index (χ1n) is 8.19. The predicted octanol–water partition coefficient (Wildman–Crippen LogP) is 3.98. The van der Waals surface area contributed by atoms with Gasteiger partial charge in [-0.1, -0.05) is 31.0 Å². The Bertz CT molecular complexity index is 981. The summed E-state index contributed by atoms with van der Waals surface area (Å²) in [6.07, 6.45) is 3.20. The van der Waals surface area contributed by atoms with E-state index in [1.165, 1.54) is 7.11 Å². The molecule has 0 unspecified atom stereocenters. The molecule has 3 rings (SSSR count). The van der Waals surface area contributed by atoms with E-state index in [0.29, 0.717) is 39.7 Å². The second-order valence-electron chi connectivity index (χ2n) is 5.76. The first-order chi connectivity index (χ1) is 12.5. The zero-order valence-electron chi connectivity index (χ0n) is 14.5. The van der Waals surface area contributed by atoms with Gasteiger partial charge in [-0.15, -0.1) is 0 Å². The largest absolute Gasteiger partial charge is 0.465 e. The number of ether oxygens (including phenoxy) is 1. The van der Waals surface area contributed by atoms with Crippen LogP contribution < -0.4 is 5.32 Å². The van der Waals surface area contributed by atoms with Gasteiger partial charge in [0.05, 0.1) is 23.4 Å². The van der Waals surface area contributed by atoms with E-state index in [-0.39, 0.29) is 5.91 Å². The highest BCUT2D eigenvalue weighted by Crippen LogP contribution is 2.20. The van der Waals surface area contributed by atoms with E-state index >= 15 is 0 Å². The van der Waals surface area contributed by atoms with Crippen molar-refractivity contribution in [2.75, 3.05) is 12.4 Å². The molecule has 1 amide bonds. The van der Waals surface area contributed by atoms with Crippen LogP contribution in [0.3, 0.4) is 0 Å². The SMILES string of the molecule is CCCc1nc2ccc(Cl)cn2c1C(=O)Nc1cccc(C(=O)OC)c1. The van der Waals surface area contributed by atoms with Gasteiger partial charge in [0.15, 0.2) is 0 Å². The Hall–Kier alpha value is -2.86. The van der Waals surface area contributed by atoms with Crippen molar-refractivity contribution in [1.82, 2.24) is 9.38 Å². The van der Waals surface area contributed by atoms with Crippen LogP contribution in [0.1, 0.15) is 39.9 Å². The third-order valence-electron chi connectivity index (χ3n) is 3.90. The Labute approximate surface area is 155 Å². The smallest absolute Gasteiger partial charge is 0.337 e. The lowest BCUT2D eigenvalue weighted by Gasteiger charge is -2.08. The number of imidazole rings is 1. The molecule has 0 bridgehead atoms. The van der Waals surface area contributed by atoms with Crippen molar-refractivity contribution in [2.45, 2.75) is 19.8 Å². The van der Waals surface area contributed by atoms with Gasteiger partial charge in [0.1, 0.15) is 11.3 Å². The molecule has 0 radical (unpaired) electrons. The van der Waals surface area contributed by atoms with E-state index in [1.54, 1.807) is 47.0 Å². The summed E-state index contributed by atoms with van der Waals surface area (Å²) >= 11 is 6.08. The maximum Gasteiger partial charge on any atom is 0.337 e. The average Bonchev–Trinajstić information content (AvgIpc) is 2.98. The third-order valence-corrected chi connectivity index (χ3v) is 4.12. The maximum absolute atomic E-state index is 12.9. The Kier molecular flexibility index (Phi) is 5.23. The molecule has 1 N–H and O–H groups in total. The molecule has 1 aromatic carbocycles. The van der Waals surface area contributed by atoms with E-state index in [9.17, 15) is 9.59 Å². The minimum absolute atomic E-state index is 0.315. The monoisotopic (exact) mass is 371 g/mol. The molecule has 0 fully saturated rings. The molecule has 2 aromatic heterocycles. The summed E-state index contributed by atoms with van der Waals surface area (Å²) in [5.74, 6) is -0.778. The minimum Gasteiger partial charge on any atom is -0.465 e. The third kappa shape index (κ3) is 3.55. The summed E-state index contributed by atoms with van der Waals surface area (Å²) in [6.45, 7) is 2.03. The van der Waals surface area contributed by atoms with Crippen molar-refractivity contribution in [1.29, 1.82) is 0 Å². The van der Waals surface area contributed by atoms with E-state index in [2.05, 4.69) is 10.3 Å². The van der Waals surface area contributed by atoms with Gasteiger partial charge in [-0.05, 0) is 36.8 Å². The Morgan fingerprint density at radius 2 is 2.08 bits per heavy atom. The lowest BCUT2D eigenvalue weighted by Crippen LogP contribution is -2.17. The highest BCUT2D eigenvalue weighted by Gasteiger charge is 2.19. The first kappa shape index (κ1) is 17.9. The van der Waals surface area contributed by atoms with Crippen molar-refractivity contribution in [3.8, 4) is 0 Å². The molecule has 0 aliphatic carbocycles. The second kappa shape index (κ2) is 7.58. The molecule has 26 heavy (non-hydrogen) atoms. The van der Waals surface area contributed by atoms with Gasteiger partial charge < -0.3 is 10.1 Å². The number of pyridine rings is 1. The van der Waals surface area contributed by atoms with E-state index in [1.807, 2.05) is 6.92 Å². The number of esters is 1. The highest BCUT2D eigenvalue weighted by molar-refractivity contribution is 6.30. The molecule has 0 saturated carbocycles. The highest BCUT2D eigenvalue weighted by atomic mass is 35.5. The minimum atomic E-state index is -0.464. The molecular formula is C19H18ClN3O3. The Morgan fingerprint density at radius 3 is 2.81 bits per heavy atom. The molecule has 3 aromatic rings. The van der Waals surface area contributed by atoms with Gasteiger partial charge in [-0.25, -0.2) is 9.78 Å². The van der Waals surface area contributed by atoms with Crippen molar-refractivity contribution in [2.24, 2.45) is 0 Å². The van der Waals surface area contributed by atoms with Crippen LogP contribution in [0.4, 0.5) is 5.69 Å². The predicted molar refractivity (Wildman–Crippen MR) is 99.9 cm³/mol. The van der Waals surface area contributed by atoms with Gasteiger partial charge in [-0.2, -0.15) is 0 Å². The van der Waals surface area contributed by atoms with Crippen molar-refractivity contribution < 1.29 is 14.3 Å². The van der Waals surface area contributed by atoms with Gasteiger partial charge in [-0.3, -0.25) is 9.20 Å². The number of methoxy groups -OCH3 is 1. The number of halogens is 1. The van der Waals surface area contributed by atoms with Gasteiger partial charge in [0.25, 0.3) is 5.91 Å². The van der Waals surface area contributed by atoms with Crippen LogP contribution in [0.15, 0.2) is 42.6 Å². The van der Waals surface area contributed by atoms with Crippen LogP contribution in [0, 0.1) is 0 Å². The number of fused-ring (bicyclic) bond motifs is 1. The van der Waals surface area contributed by atoms with Crippen molar-refractivity contribution >= 4 is 34.8 Å². The molecule has 2 heterocycles. The number of carbonyl (C=O) groups is 2. The number of hydrogen-bond acceptors (Lipinski definition) is 4. The van der Waals surface area contributed by atoms with Crippen LogP contribution in [-0.4, -0.2) is 28.4 Å². The molecule has 7 heteroatoms. The van der Waals surface area contributed by atoms with Crippen LogP contribution >= 0.6 is 11.6 Å². The lowest BCUT2D eigenvalue weighted by molar-refractivity contribution is 0.0600. The fourth-order valence-corrected chi connectivity index (χ4v) is 2.91. The van der Waals surface area contributed by atoms with E-state index in [0.717, 1.165) is 6.42 Å². The number of aryl methyl sites for hydroxylation is 1. The Balaban J connectivity index is 1.98. The molecule has 0 aliphatic rings. The summed E-state index contributed by atoms with van der Waals surface area (Å²) in [6, 6.07) is 10.1. The van der Waals surface area contributed by atoms with Crippen LogP contribution in [-0.2, 0) is 11.2 Å². The molecule has 0 spiro atoms. The fraction of sp³-hybridized carbons (Fsp3) is 0.211. The molecule has 0 aliphatic heterocycles. The lowest BCUT2D eigenvalue weighted by atomic mass is 10.1. The number of hydrogen-bond donors (Lipinski definition) is 1. The van der Waals surface area contributed by atoms with E-state index < -0.39 is 5.97 Å². The Morgan fingerprint density at radius 1 is 1.27 bits per heavy atom. The van der Waals surface area contributed by atoms with Crippen molar-refractivity contribution in [3.05, 3.63) is 64.6 Å². The molecule has 6 nitrogen and oxygen atoms in total. The fourth-order valence-electron chi connectivity index (χ4n) is 2.75. The number of aromatic nitrogens is 2. The summed E-state index contributed by atoms with van der Waals surface area (Å²) in [4.78, 5) is 29.1. The number of nitrogens with zero attached hydrogens (tertiary/aromatic N) is 2. The van der Waals surface area contributed by atoms with Crippen LogP contribution in [0.25, 0.3) is 5.65 Å². The number of rotatable bonds is 5. The summed E-state index contributed by atoms with van der Waals surface area (Å²) in [7, 11) is 1.31. The van der Waals surface area contributed by atoms with Gasteiger partial charge in [0, 0.05) is 11.9 Å². The zero-order chi connectivity index (χ0) is 18.7. The number of carbonyl (C=O) groups excluding carboxylic acids is 2. The number of anilines is 1. The quantitative estimate of drug-likeness (QED) is 0.688. The number of benzene rings is 1. The number of nitrogens with one attached hydrogen (secondary N) is 1. The van der Waals surface area contributed by atoms with Gasteiger partial charge in [0.2, 0.25) is 0 Å². The standard InChI is InChI=1S/C19H18ClN3O3/c1-3-5-15-17(23-11-13(20)8-9-16(23)22-15)18(24)21-14-7-4-6-12(10-14)19(25)26-2/h4,6-11H,3,5H2,1-2H3,(H,21,24). The number of amides is 1. The summed E-state index contributed by atoms with van der Waals surface area (Å²) in [5.41, 5.74) is 2.66. The van der Waals surface area contributed by atoms with E-state index in [4.69, 9.17) is 16.3 Å². The summed E-state index contributed by atoms with van der Waals surface area (Å²) in [5, 5.41) is 3.34. The topological polar surface area (TPSA) is 72.7 Å². The molecular weight excluding hydrogens is 354 g/mol. The normalized spacial score (nSPS) is 10.7. The van der Waals surface area contributed by atoms with Crippen LogP contribution in [0.2, 0.25) is 5.02 Å². The second-order valence-corrected chi connectivity index (χ2v) is 6.20. The van der Waals surface area contributed by atoms with Crippen molar-refractivity contribution in [3.63, 3.8) is 0 Å². The first-order valence-corrected chi connectivity index (χ1v) is 8.57. The summed E-state index contributed by atoms with van der Waals surface area (Å²) < 4.78 is 6.40. The molecule has 0 saturated heterocycles. The maximum atomic E-state index is 12.9. The van der Waals surface area contributed by atoms with Gasteiger partial charge >= 0.3 is 5.97 Å². The van der Waals surface area contributed by atoms with Crippen LogP contribution in [0.5, 0.6) is 0 Å². The molecule has 134 valence electrons.